The average Bonchev–Trinajstić information content (AvgIpc) is 2.75. The molecule has 1 aliphatic heterocycles. The van der Waals surface area contributed by atoms with Crippen molar-refractivity contribution >= 4 is 7.12 Å². The molecule has 2 nitrogen and oxygen atoms in total. The van der Waals surface area contributed by atoms with Crippen molar-refractivity contribution in [1.29, 1.82) is 0 Å². The molecule has 3 heteroatoms. The van der Waals surface area contributed by atoms with E-state index in [0.717, 1.165) is 12.8 Å². The number of rotatable bonds is 12. The van der Waals surface area contributed by atoms with E-state index in [0.29, 0.717) is 0 Å². The molecule has 1 heterocycles. The fourth-order valence-corrected chi connectivity index (χ4v) is 3.12. The van der Waals surface area contributed by atoms with Crippen molar-refractivity contribution in [2.45, 2.75) is 117 Å². The second-order valence-electron chi connectivity index (χ2n) is 8.51. The van der Waals surface area contributed by atoms with Gasteiger partial charge in [-0.15, -0.1) is 0 Å². The maximum Gasteiger partial charge on any atom is 0.494 e. The quantitative estimate of drug-likeness (QED) is 0.214. The highest BCUT2D eigenvalue weighted by Gasteiger charge is 2.52. The van der Waals surface area contributed by atoms with Crippen LogP contribution in [0.5, 0.6) is 0 Å². The first kappa shape index (κ1) is 22.5. The van der Waals surface area contributed by atoms with E-state index in [1.807, 2.05) is 0 Å². The summed E-state index contributed by atoms with van der Waals surface area (Å²) in [5.74, 6) is 0. The zero-order chi connectivity index (χ0) is 18.9. The molecule has 0 unspecified atom stereocenters. The van der Waals surface area contributed by atoms with Crippen LogP contribution in [0.25, 0.3) is 0 Å². The summed E-state index contributed by atoms with van der Waals surface area (Å²) in [5, 5.41) is 0. The minimum Gasteiger partial charge on any atom is -0.399 e. The largest absolute Gasteiger partial charge is 0.494 e. The minimum absolute atomic E-state index is 0.269. The Hall–Kier alpha value is -0.535. The minimum atomic E-state index is -0.290. The normalized spacial score (nSPS) is 19.4. The predicted octanol–water partition coefficient (Wildman–Crippen LogP) is 7.04. The molecule has 25 heavy (non-hydrogen) atoms. The fourth-order valence-electron chi connectivity index (χ4n) is 3.12. The molecular formula is C22H41BO2. The molecule has 0 amide bonds. The van der Waals surface area contributed by atoms with Crippen LogP contribution in [0.15, 0.2) is 23.7 Å². The summed E-state index contributed by atoms with van der Waals surface area (Å²) in [4.78, 5) is 0. The van der Waals surface area contributed by atoms with Gasteiger partial charge in [0, 0.05) is 0 Å². The lowest BCUT2D eigenvalue weighted by atomic mass is 9.72. The summed E-state index contributed by atoms with van der Waals surface area (Å²) in [6.07, 6.45) is 14.7. The molecule has 0 aliphatic carbocycles. The lowest BCUT2D eigenvalue weighted by molar-refractivity contribution is 0.00578. The Labute approximate surface area is 157 Å². The third-order valence-corrected chi connectivity index (χ3v) is 5.67. The monoisotopic (exact) mass is 348 g/mol. The van der Waals surface area contributed by atoms with Crippen molar-refractivity contribution in [1.82, 2.24) is 0 Å². The third-order valence-electron chi connectivity index (χ3n) is 5.67. The second-order valence-corrected chi connectivity index (χ2v) is 8.51. The van der Waals surface area contributed by atoms with Crippen LogP contribution in [0.2, 0.25) is 0 Å². The van der Waals surface area contributed by atoms with E-state index in [-0.39, 0.29) is 18.3 Å². The number of hydrogen-bond acceptors (Lipinski definition) is 2. The molecule has 0 aromatic rings. The van der Waals surface area contributed by atoms with Crippen molar-refractivity contribution in [2.24, 2.45) is 0 Å². The zero-order valence-electron chi connectivity index (χ0n) is 17.7. The molecule has 0 spiro atoms. The molecule has 0 bridgehead atoms. The van der Waals surface area contributed by atoms with Gasteiger partial charge in [0.25, 0.3) is 0 Å². The lowest BCUT2D eigenvalue weighted by Crippen LogP contribution is -2.41. The van der Waals surface area contributed by atoms with Gasteiger partial charge in [-0.2, -0.15) is 0 Å². The first-order valence-electron chi connectivity index (χ1n) is 10.5. The molecule has 0 saturated carbocycles. The van der Waals surface area contributed by atoms with Crippen molar-refractivity contribution in [3.05, 3.63) is 23.7 Å². The lowest BCUT2D eigenvalue weighted by Gasteiger charge is -2.32. The highest BCUT2D eigenvalue weighted by molar-refractivity contribution is 6.56. The molecule has 1 saturated heterocycles. The summed E-state index contributed by atoms with van der Waals surface area (Å²) in [7, 11) is -0.269. The number of unbranched alkanes of at least 4 members (excludes halogenated alkanes) is 7. The van der Waals surface area contributed by atoms with E-state index < -0.39 is 0 Å². The number of allylic oxidation sites excluding steroid dienone is 3. The number of hydrogen-bond donors (Lipinski definition) is 0. The van der Waals surface area contributed by atoms with Gasteiger partial charge in [0.2, 0.25) is 0 Å². The van der Waals surface area contributed by atoms with E-state index in [1.54, 1.807) is 0 Å². The molecule has 1 fully saturated rings. The maximum absolute atomic E-state index is 6.30. The van der Waals surface area contributed by atoms with Gasteiger partial charge in [-0.3, -0.25) is 0 Å². The van der Waals surface area contributed by atoms with Gasteiger partial charge < -0.3 is 9.31 Å². The first-order valence-corrected chi connectivity index (χ1v) is 10.5. The van der Waals surface area contributed by atoms with E-state index in [4.69, 9.17) is 9.31 Å². The highest BCUT2D eigenvalue weighted by atomic mass is 16.7. The van der Waals surface area contributed by atoms with Gasteiger partial charge in [-0.1, -0.05) is 70.6 Å². The highest BCUT2D eigenvalue weighted by Crippen LogP contribution is 2.40. The molecule has 0 aromatic carbocycles. The Bertz CT molecular complexity index is 421. The van der Waals surface area contributed by atoms with Crippen LogP contribution in [-0.2, 0) is 9.31 Å². The Morgan fingerprint density at radius 1 is 0.840 bits per heavy atom. The van der Waals surface area contributed by atoms with Gasteiger partial charge in [0.15, 0.2) is 0 Å². The molecule has 1 aliphatic rings. The average molecular weight is 348 g/mol. The summed E-state index contributed by atoms with van der Waals surface area (Å²) < 4.78 is 12.6. The van der Waals surface area contributed by atoms with Gasteiger partial charge in [0.05, 0.1) is 11.2 Å². The molecule has 0 atom stereocenters. The SMILES string of the molecule is C=C(CCCCCC)/C(=C/CCCCCC)B1OC(C)(C)C(C)(C)O1. The summed E-state index contributed by atoms with van der Waals surface area (Å²) in [5.41, 5.74) is 1.81. The van der Waals surface area contributed by atoms with Gasteiger partial charge in [-0.25, -0.2) is 0 Å². The van der Waals surface area contributed by atoms with Gasteiger partial charge >= 0.3 is 7.12 Å². The fraction of sp³-hybridized carbons (Fsp3) is 0.818. The molecule has 1 rings (SSSR count). The van der Waals surface area contributed by atoms with Crippen molar-refractivity contribution in [3.8, 4) is 0 Å². The molecular weight excluding hydrogens is 307 g/mol. The zero-order valence-corrected chi connectivity index (χ0v) is 17.7. The molecule has 0 aromatic heterocycles. The first-order chi connectivity index (χ1) is 11.7. The van der Waals surface area contributed by atoms with Crippen LogP contribution in [0, 0.1) is 0 Å². The summed E-state index contributed by atoms with van der Waals surface area (Å²) in [6, 6.07) is 0. The Morgan fingerprint density at radius 2 is 1.36 bits per heavy atom. The summed E-state index contributed by atoms with van der Waals surface area (Å²) in [6.45, 7) is 17.4. The second kappa shape index (κ2) is 10.6. The van der Waals surface area contributed by atoms with Crippen molar-refractivity contribution in [2.75, 3.05) is 0 Å². The van der Waals surface area contributed by atoms with Crippen LogP contribution in [0.4, 0.5) is 0 Å². The molecule has 144 valence electrons. The van der Waals surface area contributed by atoms with E-state index in [2.05, 4.69) is 54.2 Å². The van der Waals surface area contributed by atoms with Crippen LogP contribution >= 0.6 is 0 Å². The van der Waals surface area contributed by atoms with Gasteiger partial charge in [0.1, 0.15) is 0 Å². The van der Waals surface area contributed by atoms with E-state index in [1.165, 1.54) is 62.4 Å². The van der Waals surface area contributed by atoms with Crippen LogP contribution in [0.3, 0.4) is 0 Å². The van der Waals surface area contributed by atoms with Crippen LogP contribution in [-0.4, -0.2) is 18.3 Å². The van der Waals surface area contributed by atoms with Crippen molar-refractivity contribution in [3.63, 3.8) is 0 Å². The van der Waals surface area contributed by atoms with Crippen LogP contribution in [0.1, 0.15) is 106 Å². The smallest absolute Gasteiger partial charge is 0.399 e. The van der Waals surface area contributed by atoms with E-state index >= 15 is 0 Å². The van der Waals surface area contributed by atoms with E-state index in [9.17, 15) is 0 Å². The molecule has 0 radical (unpaired) electrons. The van der Waals surface area contributed by atoms with Gasteiger partial charge in [-0.05, 0) is 58.9 Å². The Kier molecular flexibility index (Phi) is 9.52. The Morgan fingerprint density at radius 3 is 1.88 bits per heavy atom. The Balaban J connectivity index is 2.74. The topological polar surface area (TPSA) is 18.5 Å². The predicted molar refractivity (Wildman–Crippen MR) is 111 cm³/mol. The molecule has 0 N–H and O–H groups in total. The van der Waals surface area contributed by atoms with Crippen LogP contribution < -0.4 is 0 Å². The standard InChI is InChI=1S/C22H41BO2/c1-8-10-12-14-16-18-20(19(3)17-15-13-11-9-2)23-24-21(4,5)22(6,7)25-23/h18H,3,8-17H2,1-2,4-7H3/b20-18-. The maximum atomic E-state index is 6.30. The van der Waals surface area contributed by atoms with Crippen molar-refractivity contribution < 1.29 is 9.31 Å². The third kappa shape index (κ3) is 6.94. The summed E-state index contributed by atoms with van der Waals surface area (Å²) >= 11 is 0.